The van der Waals surface area contributed by atoms with Crippen molar-refractivity contribution >= 4 is 5.91 Å². The Morgan fingerprint density at radius 1 is 1.09 bits per heavy atom. The summed E-state index contributed by atoms with van der Waals surface area (Å²) in [6.45, 7) is 4.88. The van der Waals surface area contributed by atoms with Gasteiger partial charge in [-0.05, 0) is 49.7 Å². The first-order valence-electron chi connectivity index (χ1n) is 10.9. The van der Waals surface area contributed by atoms with Crippen LogP contribution in [0.3, 0.4) is 0 Å². The Balaban J connectivity index is 1.59. The van der Waals surface area contributed by atoms with E-state index in [0.717, 1.165) is 28.2 Å². The maximum atomic E-state index is 13.5. The van der Waals surface area contributed by atoms with Crippen molar-refractivity contribution in [2.75, 3.05) is 6.61 Å². The first kappa shape index (κ1) is 20.6. The monoisotopic (exact) mass is 433 g/mol. The molecule has 1 amide bonds. The van der Waals surface area contributed by atoms with E-state index in [1.54, 1.807) is 12.3 Å². The smallest absolute Gasteiger partial charge is 0.242 e. The minimum atomic E-state index is -0.421. The summed E-state index contributed by atoms with van der Waals surface area (Å²) < 4.78 is 11.3. The molecular weight excluding hydrogens is 406 g/mol. The van der Waals surface area contributed by atoms with E-state index in [1.807, 2.05) is 67.3 Å². The third-order valence-electron chi connectivity index (χ3n) is 6.35. The van der Waals surface area contributed by atoms with E-state index in [2.05, 4.69) is 10.9 Å². The van der Waals surface area contributed by atoms with Crippen LogP contribution in [0.25, 0.3) is 0 Å². The number of phenolic OH excluding ortho intramolecular Hbond substituents is 1. The van der Waals surface area contributed by atoms with Gasteiger partial charge in [0, 0.05) is 11.5 Å². The number of nitrogens with one attached hydrogen (secondary N) is 2. The zero-order valence-corrected chi connectivity index (χ0v) is 18.1. The lowest BCUT2D eigenvalue weighted by Crippen LogP contribution is -2.41. The molecule has 2 aliphatic rings. The van der Waals surface area contributed by atoms with E-state index < -0.39 is 6.04 Å². The van der Waals surface area contributed by atoms with Crippen LogP contribution in [0.4, 0.5) is 0 Å². The molecule has 0 radical (unpaired) electrons. The molecule has 7 heteroatoms. The molecule has 4 atom stereocenters. The van der Waals surface area contributed by atoms with Crippen molar-refractivity contribution in [3.8, 4) is 11.5 Å². The molecular formula is C25H27N3O4. The molecule has 166 valence electrons. The summed E-state index contributed by atoms with van der Waals surface area (Å²) in [5.74, 6) is 1.58. The summed E-state index contributed by atoms with van der Waals surface area (Å²) >= 11 is 0. The van der Waals surface area contributed by atoms with Crippen LogP contribution in [-0.2, 0) is 11.3 Å². The number of furan rings is 1. The molecule has 7 nitrogen and oxygen atoms in total. The summed E-state index contributed by atoms with van der Waals surface area (Å²) in [4.78, 5) is 15.4. The molecule has 2 aliphatic heterocycles. The van der Waals surface area contributed by atoms with Crippen molar-refractivity contribution in [3.63, 3.8) is 0 Å². The van der Waals surface area contributed by atoms with Gasteiger partial charge in [0.1, 0.15) is 23.3 Å². The number of hydrogen-bond acceptors (Lipinski definition) is 6. The van der Waals surface area contributed by atoms with Crippen molar-refractivity contribution < 1.29 is 19.1 Å². The van der Waals surface area contributed by atoms with E-state index in [1.165, 1.54) is 0 Å². The fourth-order valence-corrected chi connectivity index (χ4v) is 4.99. The number of ether oxygens (including phenoxy) is 1. The van der Waals surface area contributed by atoms with E-state index in [4.69, 9.17) is 9.15 Å². The topological polar surface area (TPSA) is 87.0 Å². The van der Waals surface area contributed by atoms with Crippen molar-refractivity contribution in [2.24, 2.45) is 5.92 Å². The molecule has 2 saturated heterocycles. The predicted molar refractivity (Wildman–Crippen MR) is 119 cm³/mol. The number of benzene rings is 2. The fourth-order valence-electron chi connectivity index (χ4n) is 4.99. The average Bonchev–Trinajstić information content (AvgIpc) is 3.50. The van der Waals surface area contributed by atoms with Crippen molar-refractivity contribution in [1.29, 1.82) is 0 Å². The minimum Gasteiger partial charge on any atom is -0.508 e. The fraction of sp³-hybridized carbons (Fsp3) is 0.320. The number of aromatic hydroxyl groups is 1. The first-order chi connectivity index (χ1) is 15.6. The summed E-state index contributed by atoms with van der Waals surface area (Å²) in [6.07, 6.45) is 1.62. The normalized spacial score (nSPS) is 24.7. The number of carbonyl (C=O) groups excluding carboxylic acids is 1. The molecule has 1 aromatic heterocycles. The number of hydrazine groups is 1. The van der Waals surface area contributed by atoms with Crippen LogP contribution < -0.4 is 15.6 Å². The van der Waals surface area contributed by atoms with Gasteiger partial charge in [-0.15, -0.1) is 0 Å². The van der Waals surface area contributed by atoms with Gasteiger partial charge in [-0.25, -0.2) is 10.9 Å². The van der Waals surface area contributed by atoms with Gasteiger partial charge in [-0.1, -0.05) is 29.8 Å². The molecule has 3 N–H and O–H groups in total. The Morgan fingerprint density at radius 2 is 1.94 bits per heavy atom. The Kier molecular flexibility index (Phi) is 5.36. The van der Waals surface area contributed by atoms with Gasteiger partial charge in [0.05, 0.1) is 31.5 Å². The van der Waals surface area contributed by atoms with Crippen molar-refractivity contribution in [3.05, 3.63) is 83.3 Å². The molecule has 3 aromatic rings. The minimum absolute atomic E-state index is 0.000329. The number of likely N-dealkylation sites (tertiary alicyclic amines) is 1. The van der Waals surface area contributed by atoms with E-state index in [-0.39, 0.29) is 29.7 Å². The largest absolute Gasteiger partial charge is 0.508 e. The molecule has 3 heterocycles. The number of rotatable bonds is 6. The van der Waals surface area contributed by atoms with Gasteiger partial charge in [-0.2, -0.15) is 0 Å². The molecule has 0 spiro atoms. The van der Waals surface area contributed by atoms with E-state index >= 15 is 0 Å². The van der Waals surface area contributed by atoms with E-state index in [0.29, 0.717) is 13.2 Å². The second-order valence-electron chi connectivity index (χ2n) is 8.38. The summed E-state index contributed by atoms with van der Waals surface area (Å²) in [6, 6.07) is 16.3. The lowest BCUT2D eigenvalue weighted by Gasteiger charge is -2.31. The van der Waals surface area contributed by atoms with E-state index in [9.17, 15) is 9.90 Å². The highest BCUT2D eigenvalue weighted by atomic mass is 16.5. The summed E-state index contributed by atoms with van der Waals surface area (Å²) in [7, 11) is 0. The molecule has 2 fully saturated rings. The maximum Gasteiger partial charge on any atom is 0.242 e. The molecule has 0 bridgehead atoms. The van der Waals surface area contributed by atoms with Crippen LogP contribution in [-0.4, -0.2) is 28.6 Å². The average molecular weight is 434 g/mol. The van der Waals surface area contributed by atoms with Gasteiger partial charge in [0.25, 0.3) is 0 Å². The molecule has 2 aromatic carbocycles. The Labute approximate surface area is 187 Å². The molecule has 0 saturated carbocycles. The molecule has 32 heavy (non-hydrogen) atoms. The molecule has 0 aliphatic carbocycles. The number of nitrogens with zero attached hydrogens (tertiary/aromatic N) is 1. The first-order valence-corrected chi connectivity index (χ1v) is 10.9. The second-order valence-corrected chi connectivity index (χ2v) is 8.38. The number of aryl methyl sites for hydroxylation is 1. The zero-order chi connectivity index (χ0) is 22.2. The van der Waals surface area contributed by atoms with Gasteiger partial charge in [0.2, 0.25) is 5.91 Å². The van der Waals surface area contributed by atoms with Gasteiger partial charge in [0.15, 0.2) is 0 Å². The number of carbonyl (C=O) groups is 1. The number of amides is 1. The lowest BCUT2D eigenvalue weighted by atomic mass is 9.82. The van der Waals surface area contributed by atoms with Gasteiger partial charge >= 0.3 is 0 Å². The van der Waals surface area contributed by atoms with Crippen LogP contribution in [0.5, 0.6) is 11.5 Å². The summed E-state index contributed by atoms with van der Waals surface area (Å²) in [5, 5.41) is 10.6. The molecule has 4 unspecified atom stereocenters. The number of phenols is 1. The summed E-state index contributed by atoms with van der Waals surface area (Å²) in [5.41, 5.74) is 9.30. The van der Waals surface area contributed by atoms with Crippen LogP contribution in [0.1, 0.15) is 41.5 Å². The highest BCUT2D eigenvalue weighted by Crippen LogP contribution is 2.49. The second kappa shape index (κ2) is 8.33. The Hall–Kier alpha value is -3.29. The number of fused-ring (bicyclic) bond motifs is 1. The van der Waals surface area contributed by atoms with Crippen molar-refractivity contribution in [1.82, 2.24) is 15.8 Å². The molecule has 5 rings (SSSR count). The van der Waals surface area contributed by atoms with Crippen LogP contribution in [0.15, 0.2) is 65.3 Å². The quantitative estimate of drug-likeness (QED) is 0.551. The lowest BCUT2D eigenvalue weighted by molar-refractivity contribution is -0.131. The van der Waals surface area contributed by atoms with Crippen LogP contribution in [0, 0.1) is 12.8 Å². The predicted octanol–water partition coefficient (Wildman–Crippen LogP) is 3.61. The Morgan fingerprint density at radius 3 is 2.72 bits per heavy atom. The number of hydrogen-bond donors (Lipinski definition) is 3. The highest BCUT2D eigenvalue weighted by molar-refractivity contribution is 5.86. The SMILES string of the molecule is CCOc1cccc(C2C3C(NNC3c3cc(C)ccc3O)C(=O)N2Cc2ccco2)c1. The zero-order valence-electron chi connectivity index (χ0n) is 18.1. The van der Waals surface area contributed by atoms with Gasteiger partial charge in [-0.3, -0.25) is 4.79 Å². The van der Waals surface area contributed by atoms with Crippen LogP contribution >= 0.6 is 0 Å². The third kappa shape index (κ3) is 3.53. The standard InChI is InChI=1S/C25H27N3O4/c1-3-31-17-7-4-6-16(13-17)24-21-22(19-12-15(2)9-10-20(19)29)26-27-23(21)25(30)28(24)14-18-8-5-11-32-18/h4-13,21-24,26-27,29H,3,14H2,1-2H3. The van der Waals surface area contributed by atoms with Gasteiger partial charge < -0.3 is 19.2 Å². The van der Waals surface area contributed by atoms with Crippen LogP contribution in [0.2, 0.25) is 0 Å². The Bertz CT molecular complexity index is 1110. The maximum absolute atomic E-state index is 13.5. The van der Waals surface area contributed by atoms with Crippen molar-refractivity contribution in [2.45, 2.75) is 38.5 Å². The third-order valence-corrected chi connectivity index (χ3v) is 6.35. The highest BCUT2D eigenvalue weighted by Gasteiger charge is 2.56.